The second kappa shape index (κ2) is 7.70. The molecule has 0 amide bonds. The van der Waals surface area contributed by atoms with E-state index < -0.39 is 41.4 Å². The predicted octanol–water partition coefficient (Wildman–Crippen LogP) is 2.84. The van der Waals surface area contributed by atoms with Gasteiger partial charge in [-0.25, -0.2) is 14.4 Å². The summed E-state index contributed by atoms with van der Waals surface area (Å²) in [7, 11) is 0. The van der Waals surface area contributed by atoms with E-state index in [4.69, 9.17) is 15.7 Å². The number of Topliss-reactive ketones (excluding diaryl/α,β-unsaturated/α-hetero) is 1. The van der Waals surface area contributed by atoms with Crippen molar-refractivity contribution in [3.05, 3.63) is 58.9 Å². The molecule has 0 radical (unpaired) electrons. The molecule has 2 N–H and O–H groups in total. The summed E-state index contributed by atoms with van der Waals surface area (Å²) in [6, 6.07) is 5.61. The molecule has 7 nitrogen and oxygen atoms in total. The number of halogens is 4. The Hall–Kier alpha value is -3.39. The molecular formula is C20H17F4N5O2. The molecule has 0 saturated heterocycles. The Morgan fingerprint density at radius 3 is 2.48 bits per heavy atom. The molecule has 0 fully saturated rings. The first kappa shape index (κ1) is 22.3. The van der Waals surface area contributed by atoms with Gasteiger partial charge < -0.3 is 10.5 Å². The molecule has 162 valence electrons. The van der Waals surface area contributed by atoms with Crippen LogP contribution in [0.3, 0.4) is 0 Å². The number of hydrogen-bond acceptors (Lipinski definition) is 7. The number of amidine groups is 1. The van der Waals surface area contributed by atoms with Crippen molar-refractivity contribution in [1.82, 2.24) is 9.97 Å². The average molecular weight is 435 g/mol. The van der Waals surface area contributed by atoms with Crippen molar-refractivity contribution in [3.63, 3.8) is 0 Å². The summed E-state index contributed by atoms with van der Waals surface area (Å²) in [6.45, 7) is 1.58. The Morgan fingerprint density at radius 2 is 1.94 bits per heavy atom. The van der Waals surface area contributed by atoms with Crippen LogP contribution in [0.25, 0.3) is 0 Å². The SMILES string of the molecule is C[C@@]1(c2cc(CC(=O)c3ncc(C#N)cn3)ccc2F)CO[C@@](C)(C(F)(F)F)C(N)=N1. The van der Waals surface area contributed by atoms with Crippen LogP contribution in [0.5, 0.6) is 0 Å². The molecule has 0 unspecified atom stereocenters. The minimum Gasteiger partial charge on any atom is -0.385 e. The first-order valence-electron chi connectivity index (χ1n) is 9.00. The molecule has 11 heteroatoms. The van der Waals surface area contributed by atoms with Gasteiger partial charge in [-0.3, -0.25) is 9.79 Å². The molecule has 1 aliphatic rings. The third kappa shape index (κ3) is 4.11. The van der Waals surface area contributed by atoms with Crippen LogP contribution in [0.2, 0.25) is 0 Å². The van der Waals surface area contributed by atoms with E-state index >= 15 is 0 Å². The first-order chi connectivity index (χ1) is 14.4. The number of hydrogen-bond donors (Lipinski definition) is 1. The van der Waals surface area contributed by atoms with Crippen molar-refractivity contribution in [2.24, 2.45) is 10.7 Å². The number of carbonyl (C=O) groups excluding carboxylic acids is 1. The maximum atomic E-state index is 14.6. The van der Waals surface area contributed by atoms with E-state index in [1.807, 2.05) is 6.07 Å². The van der Waals surface area contributed by atoms with Crippen molar-refractivity contribution in [2.45, 2.75) is 37.6 Å². The van der Waals surface area contributed by atoms with Gasteiger partial charge in [-0.2, -0.15) is 18.4 Å². The van der Waals surface area contributed by atoms with Gasteiger partial charge in [0.1, 0.15) is 23.3 Å². The van der Waals surface area contributed by atoms with Crippen molar-refractivity contribution < 1.29 is 27.1 Å². The fourth-order valence-electron chi connectivity index (χ4n) is 3.02. The number of ketones is 1. The molecule has 1 aliphatic heterocycles. The van der Waals surface area contributed by atoms with Crippen molar-refractivity contribution >= 4 is 11.6 Å². The van der Waals surface area contributed by atoms with Gasteiger partial charge in [0.25, 0.3) is 0 Å². The molecule has 1 aromatic heterocycles. The van der Waals surface area contributed by atoms with Gasteiger partial charge in [0.2, 0.25) is 11.4 Å². The molecule has 31 heavy (non-hydrogen) atoms. The van der Waals surface area contributed by atoms with Gasteiger partial charge in [-0.05, 0) is 31.5 Å². The van der Waals surface area contributed by atoms with Crippen molar-refractivity contribution in [3.8, 4) is 6.07 Å². The van der Waals surface area contributed by atoms with Crippen molar-refractivity contribution in [2.75, 3.05) is 6.61 Å². The minimum atomic E-state index is -4.80. The van der Waals surface area contributed by atoms with Crippen LogP contribution < -0.4 is 5.73 Å². The fraction of sp³-hybridized carbons (Fsp3) is 0.350. The van der Waals surface area contributed by atoms with E-state index in [1.54, 1.807) is 0 Å². The van der Waals surface area contributed by atoms with Crippen LogP contribution in [0.15, 0.2) is 35.6 Å². The lowest BCUT2D eigenvalue weighted by Gasteiger charge is -2.41. The molecule has 0 aliphatic carbocycles. The Morgan fingerprint density at radius 1 is 1.29 bits per heavy atom. The minimum absolute atomic E-state index is 0.0641. The lowest BCUT2D eigenvalue weighted by atomic mass is 9.88. The lowest BCUT2D eigenvalue weighted by molar-refractivity contribution is -0.249. The smallest absolute Gasteiger partial charge is 0.385 e. The van der Waals surface area contributed by atoms with E-state index in [-0.39, 0.29) is 23.4 Å². The zero-order valence-corrected chi connectivity index (χ0v) is 16.5. The highest BCUT2D eigenvalue weighted by Crippen LogP contribution is 2.41. The van der Waals surface area contributed by atoms with Crippen LogP contribution in [-0.4, -0.2) is 40.0 Å². The Balaban J connectivity index is 1.91. The molecular weight excluding hydrogens is 418 g/mol. The molecule has 0 spiro atoms. The highest BCUT2D eigenvalue weighted by Gasteiger charge is 2.59. The standard InChI is InChI=1S/C20H17F4N5O2/c1-18(10-31-19(2,17(26)29-18)20(22,23)24)13-5-11(3-4-14(13)21)6-15(30)16-27-8-12(7-25)9-28-16/h3-5,8-9H,6,10H2,1-2H3,(H2,26,29)/t18-,19+/m0/s1. The van der Waals surface area contributed by atoms with E-state index in [0.29, 0.717) is 5.56 Å². The predicted molar refractivity (Wildman–Crippen MR) is 101 cm³/mol. The van der Waals surface area contributed by atoms with Crippen LogP contribution in [0.4, 0.5) is 17.6 Å². The van der Waals surface area contributed by atoms with Crippen LogP contribution >= 0.6 is 0 Å². The van der Waals surface area contributed by atoms with Crippen LogP contribution in [0, 0.1) is 17.1 Å². The van der Waals surface area contributed by atoms with E-state index in [2.05, 4.69) is 15.0 Å². The third-order valence-corrected chi connectivity index (χ3v) is 5.04. The number of benzene rings is 1. The van der Waals surface area contributed by atoms with Gasteiger partial charge >= 0.3 is 6.18 Å². The molecule has 0 bridgehead atoms. The number of carbonyl (C=O) groups is 1. The molecule has 0 saturated carbocycles. The van der Waals surface area contributed by atoms with Crippen molar-refractivity contribution in [1.29, 1.82) is 5.26 Å². The largest absolute Gasteiger partial charge is 0.424 e. The summed E-state index contributed by atoms with van der Waals surface area (Å²) < 4.78 is 59.5. The first-order valence-corrected chi connectivity index (χ1v) is 9.00. The van der Waals surface area contributed by atoms with E-state index in [0.717, 1.165) is 13.0 Å². The maximum absolute atomic E-state index is 14.6. The second-order valence-electron chi connectivity index (χ2n) is 7.41. The van der Waals surface area contributed by atoms with E-state index in [1.165, 1.54) is 31.5 Å². The fourth-order valence-corrected chi connectivity index (χ4v) is 3.02. The highest BCUT2D eigenvalue weighted by atomic mass is 19.4. The van der Waals surface area contributed by atoms with Gasteiger partial charge in [-0.15, -0.1) is 0 Å². The summed E-state index contributed by atoms with van der Waals surface area (Å²) in [6.07, 6.45) is -2.59. The number of nitriles is 1. The normalized spacial score (nSPS) is 23.7. The number of alkyl halides is 3. The van der Waals surface area contributed by atoms with Gasteiger partial charge in [-0.1, -0.05) is 6.07 Å². The van der Waals surface area contributed by atoms with Crippen LogP contribution in [0.1, 0.15) is 41.2 Å². The summed E-state index contributed by atoms with van der Waals surface area (Å²) in [5.74, 6) is -2.16. The Bertz CT molecular complexity index is 1090. The number of nitrogens with zero attached hydrogens (tertiary/aromatic N) is 4. The van der Waals surface area contributed by atoms with Crippen LogP contribution in [-0.2, 0) is 16.7 Å². The topological polar surface area (TPSA) is 114 Å². The average Bonchev–Trinajstić information content (AvgIpc) is 2.71. The maximum Gasteiger partial charge on any atom is 0.424 e. The van der Waals surface area contributed by atoms with Gasteiger partial charge in [0.15, 0.2) is 5.82 Å². The van der Waals surface area contributed by atoms with Gasteiger partial charge in [0, 0.05) is 24.4 Å². The molecule has 3 rings (SSSR count). The van der Waals surface area contributed by atoms with E-state index in [9.17, 15) is 22.4 Å². The quantitative estimate of drug-likeness (QED) is 0.584. The monoisotopic (exact) mass is 435 g/mol. The highest BCUT2D eigenvalue weighted by molar-refractivity contribution is 5.94. The number of aromatic nitrogens is 2. The zero-order chi connectivity index (χ0) is 23.0. The molecule has 2 aromatic rings. The number of ether oxygens (including phenoxy) is 1. The molecule has 2 heterocycles. The number of aliphatic imine (C=N–C) groups is 1. The summed E-state index contributed by atoms with van der Waals surface area (Å²) >= 11 is 0. The molecule has 1 aromatic carbocycles. The molecule has 2 atom stereocenters. The second-order valence-corrected chi connectivity index (χ2v) is 7.41. The Labute approximate surface area is 174 Å². The number of rotatable bonds is 4. The number of nitrogens with two attached hydrogens (primary N) is 1. The summed E-state index contributed by atoms with van der Waals surface area (Å²) in [5.41, 5.74) is 1.76. The summed E-state index contributed by atoms with van der Waals surface area (Å²) in [5, 5.41) is 8.76. The third-order valence-electron chi connectivity index (χ3n) is 5.04. The van der Waals surface area contributed by atoms with Gasteiger partial charge in [0.05, 0.1) is 12.2 Å². The summed E-state index contributed by atoms with van der Waals surface area (Å²) in [4.78, 5) is 24.0. The Kier molecular flexibility index (Phi) is 5.54. The lowest BCUT2D eigenvalue weighted by Crippen LogP contribution is -2.60. The zero-order valence-electron chi connectivity index (χ0n) is 16.5.